The molecule has 37 heavy (non-hydrogen) atoms. The maximum Gasteiger partial charge on any atom is 0.289 e. The minimum atomic E-state index is -1.17. The van der Waals surface area contributed by atoms with Gasteiger partial charge in [0.25, 0.3) is 5.91 Å². The lowest BCUT2D eigenvalue weighted by Crippen LogP contribution is -2.61. The van der Waals surface area contributed by atoms with E-state index in [1.54, 1.807) is 30.2 Å². The van der Waals surface area contributed by atoms with Crippen LogP contribution in [-0.2, 0) is 9.53 Å². The molecule has 3 N–H and O–H groups in total. The average molecular weight is 516 g/mol. The van der Waals surface area contributed by atoms with Crippen LogP contribution in [0, 0.1) is 28.6 Å². The van der Waals surface area contributed by atoms with Gasteiger partial charge in [0.05, 0.1) is 30.7 Å². The van der Waals surface area contributed by atoms with Crippen LogP contribution in [-0.4, -0.2) is 76.0 Å². The predicted octanol–water partition coefficient (Wildman–Crippen LogP) is 2.96. The normalized spacial score (nSPS) is 41.9. The Balaban J connectivity index is 1.47. The smallest absolute Gasteiger partial charge is 0.289 e. The molecule has 1 amide bonds. The molecular weight excluding hydrogens is 474 g/mol. The lowest BCUT2D eigenvalue weighted by molar-refractivity contribution is -0.153. The first-order chi connectivity index (χ1) is 17.5. The molecule has 4 aliphatic carbocycles. The standard InChI is InChI=1S/C29H41NO7/c1-17(30(11-13-36-4)26(34)25-6-5-12-37-25)18-8-10-29(35)20-14-22(31)21-15-23(32)24(33)16-27(21,2)19(20)7-9-28(18,29)3/h5-6,12,14,17-19,21,23-24,32-33,35H,7-11,13,15-16H2,1-4H3/t17?,18?,19?,21-,23+,24-,27+,28+,29+/m0/s1. The molecule has 3 unspecified atom stereocenters. The number of aliphatic hydroxyl groups is 3. The van der Waals surface area contributed by atoms with Gasteiger partial charge in [0, 0.05) is 31.0 Å². The first-order valence-corrected chi connectivity index (χ1v) is 13.7. The zero-order chi connectivity index (χ0) is 26.8. The summed E-state index contributed by atoms with van der Waals surface area (Å²) in [5, 5.41) is 33.3. The molecular formula is C29H41NO7. The van der Waals surface area contributed by atoms with Gasteiger partial charge in [0.2, 0.25) is 0 Å². The number of allylic oxidation sites excluding steroid dienone is 1. The summed E-state index contributed by atoms with van der Waals surface area (Å²) < 4.78 is 10.7. The van der Waals surface area contributed by atoms with Crippen molar-refractivity contribution in [2.24, 2.45) is 28.6 Å². The van der Waals surface area contributed by atoms with E-state index < -0.39 is 28.6 Å². The number of fused-ring (bicyclic) bond motifs is 5. The zero-order valence-corrected chi connectivity index (χ0v) is 22.4. The number of methoxy groups -OCH3 is 1. The van der Waals surface area contributed by atoms with E-state index in [1.165, 1.54) is 6.26 Å². The molecule has 9 atom stereocenters. The van der Waals surface area contributed by atoms with E-state index in [0.29, 0.717) is 26.0 Å². The van der Waals surface area contributed by atoms with Gasteiger partial charge >= 0.3 is 0 Å². The molecule has 0 aliphatic heterocycles. The van der Waals surface area contributed by atoms with Crippen LogP contribution in [0.15, 0.2) is 34.5 Å². The highest BCUT2D eigenvalue weighted by atomic mass is 16.5. The number of rotatable bonds is 6. The van der Waals surface area contributed by atoms with Gasteiger partial charge < -0.3 is 29.4 Å². The molecule has 0 spiro atoms. The Morgan fingerprint density at radius 1 is 1.22 bits per heavy atom. The highest BCUT2D eigenvalue weighted by Gasteiger charge is 2.67. The van der Waals surface area contributed by atoms with E-state index in [9.17, 15) is 24.9 Å². The fourth-order valence-electron chi connectivity index (χ4n) is 8.62. The molecule has 1 heterocycles. The van der Waals surface area contributed by atoms with Crippen molar-refractivity contribution >= 4 is 11.7 Å². The molecule has 3 saturated carbocycles. The van der Waals surface area contributed by atoms with Gasteiger partial charge in [-0.1, -0.05) is 13.8 Å². The van der Waals surface area contributed by atoms with Crippen LogP contribution in [0.4, 0.5) is 0 Å². The molecule has 5 rings (SSSR count). The van der Waals surface area contributed by atoms with Crippen molar-refractivity contribution in [1.29, 1.82) is 0 Å². The lowest BCUT2D eigenvalue weighted by atomic mass is 9.46. The second kappa shape index (κ2) is 9.33. The molecule has 1 aromatic heterocycles. The molecule has 3 fully saturated rings. The van der Waals surface area contributed by atoms with Gasteiger partial charge in [0.1, 0.15) is 0 Å². The van der Waals surface area contributed by atoms with Crippen molar-refractivity contribution in [3.8, 4) is 0 Å². The number of hydrogen-bond donors (Lipinski definition) is 3. The summed E-state index contributed by atoms with van der Waals surface area (Å²) in [5.41, 5.74) is -1.40. The zero-order valence-electron chi connectivity index (χ0n) is 22.4. The van der Waals surface area contributed by atoms with E-state index in [0.717, 1.165) is 24.8 Å². The SMILES string of the molecule is COCCN(C(=O)c1ccco1)C(C)C1CC[C@@]2(O)C3=CC(=O)[C@@H]4C[C@@H](O)[C@@H](O)C[C@]4(C)C3CC[C@]12C. The number of furan rings is 1. The van der Waals surface area contributed by atoms with E-state index >= 15 is 0 Å². The van der Waals surface area contributed by atoms with Gasteiger partial charge in [-0.15, -0.1) is 0 Å². The summed E-state index contributed by atoms with van der Waals surface area (Å²) in [6, 6.07) is 3.18. The van der Waals surface area contributed by atoms with Crippen LogP contribution >= 0.6 is 0 Å². The Labute approximate surface area is 218 Å². The van der Waals surface area contributed by atoms with Crippen LogP contribution < -0.4 is 0 Å². The predicted molar refractivity (Wildman–Crippen MR) is 136 cm³/mol. The Bertz CT molecular complexity index is 1070. The van der Waals surface area contributed by atoms with E-state index in [1.807, 2.05) is 6.92 Å². The monoisotopic (exact) mass is 515 g/mol. The van der Waals surface area contributed by atoms with Gasteiger partial charge in [-0.05, 0) is 86.5 Å². The topological polar surface area (TPSA) is 120 Å². The van der Waals surface area contributed by atoms with Crippen LogP contribution in [0.3, 0.4) is 0 Å². The fraction of sp³-hybridized carbons (Fsp3) is 0.724. The first-order valence-electron chi connectivity index (χ1n) is 13.7. The largest absolute Gasteiger partial charge is 0.459 e. The molecule has 1 aromatic rings. The second-order valence-corrected chi connectivity index (χ2v) is 12.4. The lowest BCUT2D eigenvalue weighted by Gasteiger charge is -2.60. The molecule has 0 saturated heterocycles. The van der Waals surface area contributed by atoms with Gasteiger partial charge in [-0.2, -0.15) is 0 Å². The Morgan fingerprint density at radius 2 is 1.97 bits per heavy atom. The summed E-state index contributed by atoms with van der Waals surface area (Å²) in [4.78, 5) is 28.6. The van der Waals surface area contributed by atoms with E-state index in [-0.39, 0.29) is 47.7 Å². The van der Waals surface area contributed by atoms with Crippen LogP contribution in [0.1, 0.15) is 69.9 Å². The van der Waals surface area contributed by atoms with Crippen molar-refractivity contribution in [2.45, 2.75) is 83.1 Å². The number of hydrogen-bond acceptors (Lipinski definition) is 7. The van der Waals surface area contributed by atoms with Gasteiger partial charge in [-0.25, -0.2) is 0 Å². The third-order valence-corrected chi connectivity index (χ3v) is 10.8. The van der Waals surface area contributed by atoms with Crippen molar-refractivity contribution in [3.63, 3.8) is 0 Å². The molecule has 0 bridgehead atoms. The number of carbonyl (C=O) groups excluding carboxylic acids is 2. The number of nitrogens with zero attached hydrogens (tertiary/aromatic N) is 1. The number of ketones is 1. The number of amides is 1. The summed E-state index contributed by atoms with van der Waals surface area (Å²) >= 11 is 0. The van der Waals surface area contributed by atoms with Crippen molar-refractivity contribution in [2.75, 3.05) is 20.3 Å². The minimum absolute atomic E-state index is 0.00881. The molecule has 8 nitrogen and oxygen atoms in total. The molecule has 8 heteroatoms. The van der Waals surface area contributed by atoms with Gasteiger partial charge in [0.15, 0.2) is 11.5 Å². The van der Waals surface area contributed by atoms with Crippen LogP contribution in [0.2, 0.25) is 0 Å². The Morgan fingerprint density at radius 3 is 2.65 bits per heavy atom. The van der Waals surface area contributed by atoms with E-state index in [4.69, 9.17) is 9.15 Å². The quantitative estimate of drug-likeness (QED) is 0.533. The number of ether oxygens (including phenoxy) is 1. The molecule has 0 aromatic carbocycles. The molecule has 4 aliphatic rings. The highest BCUT2D eigenvalue weighted by molar-refractivity contribution is 5.95. The van der Waals surface area contributed by atoms with Gasteiger partial charge in [-0.3, -0.25) is 9.59 Å². The summed E-state index contributed by atoms with van der Waals surface area (Å²) in [6.45, 7) is 7.01. The third kappa shape index (κ3) is 3.86. The van der Waals surface area contributed by atoms with E-state index in [2.05, 4.69) is 13.8 Å². The van der Waals surface area contributed by atoms with Crippen molar-refractivity contribution in [3.05, 3.63) is 35.8 Å². The highest BCUT2D eigenvalue weighted by Crippen LogP contribution is 2.67. The summed E-state index contributed by atoms with van der Waals surface area (Å²) in [6.07, 6.45) is 4.80. The molecule has 204 valence electrons. The minimum Gasteiger partial charge on any atom is -0.459 e. The Hall–Kier alpha value is -2.00. The summed E-state index contributed by atoms with van der Waals surface area (Å²) in [7, 11) is 1.61. The van der Waals surface area contributed by atoms with Crippen LogP contribution in [0.25, 0.3) is 0 Å². The first kappa shape index (κ1) is 26.6. The van der Waals surface area contributed by atoms with Crippen molar-refractivity contribution < 1.29 is 34.1 Å². The average Bonchev–Trinajstić information content (AvgIpc) is 3.48. The fourth-order valence-corrected chi connectivity index (χ4v) is 8.62. The second-order valence-electron chi connectivity index (χ2n) is 12.4. The number of aliphatic hydroxyl groups excluding tert-OH is 2. The number of carbonyl (C=O) groups is 2. The Kier molecular flexibility index (Phi) is 6.71. The molecule has 0 radical (unpaired) electrons. The third-order valence-electron chi connectivity index (χ3n) is 10.8. The summed E-state index contributed by atoms with van der Waals surface area (Å²) in [5.74, 6) is -0.335. The van der Waals surface area contributed by atoms with Crippen LogP contribution in [0.5, 0.6) is 0 Å². The van der Waals surface area contributed by atoms with Crippen molar-refractivity contribution in [1.82, 2.24) is 4.90 Å². The maximum atomic E-state index is 13.4. The maximum absolute atomic E-state index is 13.4.